The average Bonchev–Trinajstić information content (AvgIpc) is 2.93. The lowest BCUT2D eigenvalue weighted by Crippen LogP contribution is -2.15. The van der Waals surface area contributed by atoms with E-state index in [0.29, 0.717) is 13.2 Å². The maximum absolute atomic E-state index is 5.62. The van der Waals surface area contributed by atoms with E-state index in [-0.39, 0.29) is 0 Å². The quantitative estimate of drug-likeness (QED) is 0.883. The lowest BCUT2D eigenvalue weighted by Gasteiger charge is -2.20. The molecule has 4 nitrogen and oxygen atoms in total. The molecule has 0 spiro atoms. The highest BCUT2D eigenvalue weighted by Crippen LogP contribution is 2.38. The van der Waals surface area contributed by atoms with Gasteiger partial charge in [-0.2, -0.15) is 0 Å². The van der Waals surface area contributed by atoms with Crippen molar-refractivity contribution in [3.63, 3.8) is 0 Å². The van der Waals surface area contributed by atoms with E-state index in [2.05, 4.69) is 51.2 Å². The maximum Gasteiger partial charge on any atom is 0.163 e. The second-order valence-corrected chi connectivity index (χ2v) is 5.94. The van der Waals surface area contributed by atoms with Gasteiger partial charge in [0, 0.05) is 42.1 Å². The summed E-state index contributed by atoms with van der Waals surface area (Å²) in [6.45, 7) is 5.25. The van der Waals surface area contributed by atoms with Gasteiger partial charge in [-0.3, -0.25) is 0 Å². The number of halogens is 1. The summed E-state index contributed by atoms with van der Waals surface area (Å²) in [5.74, 6) is 1.60. The number of rotatable bonds is 5. The predicted molar refractivity (Wildman–Crippen MR) is 87.2 cm³/mol. The second kappa shape index (κ2) is 6.43. The third-order valence-corrected chi connectivity index (χ3v) is 4.06. The Morgan fingerprint density at radius 3 is 2.76 bits per heavy atom. The van der Waals surface area contributed by atoms with Crippen molar-refractivity contribution >= 4 is 21.6 Å². The minimum atomic E-state index is 0.605. The van der Waals surface area contributed by atoms with Crippen LogP contribution in [0.15, 0.2) is 35.1 Å². The van der Waals surface area contributed by atoms with Crippen LogP contribution in [0.3, 0.4) is 0 Å². The number of benzene rings is 1. The van der Waals surface area contributed by atoms with E-state index in [0.717, 1.165) is 41.2 Å². The topological polar surface area (TPSA) is 35.4 Å². The van der Waals surface area contributed by atoms with E-state index in [4.69, 9.17) is 9.47 Å². The van der Waals surface area contributed by atoms with E-state index in [1.54, 1.807) is 0 Å². The molecule has 1 aromatic carbocycles. The normalized spacial score (nSPS) is 13.2. The summed E-state index contributed by atoms with van der Waals surface area (Å²) in [7, 11) is 0. The van der Waals surface area contributed by atoms with Gasteiger partial charge >= 0.3 is 0 Å². The molecule has 0 bridgehead atoms. The summed E-state index contributed by atoms with van der Waals surface area (Å²) < 4.78 is 14.4. The van der Waals surface area contributed by atoms with Crippen molar-refractivity contribution in [1.82, 2.24) is 4.57 Å². The van der Waals surface area contributed by atoms with Crippen molar-refractivity contribution in [3.05, 3.63) is 40.6 Å². The molecule has 3 rings (SSSR count). The van der Waals surface area contributed by atoms with E-state index in [1.165, 1.54) is 5.56 Å². The van der Waals surface area contributed by atoms with Gasteiger partial charge in [0.25, 0.3) is 0 Å². The largest absolute Gasteiger partial charge is 0.486 e. The third kappa shape index (κ3) is 3.35. The number of fused-ring (bicyclic) bond motifs is 1. The van der Waals surface area contributed by atoms with E-state index >= 15 is 0 Å². The van der Waals surface area contributed by atoms with Gasteiger partial charge < -0.3 is 19.4 Å². The Kier molecular flexibility index (Phi) is 4.39. The van der Waals surface area contributed by atoms with Gasteiger partial charge in [-0.15, -0.1) is 0 Å². The SMILES string of the molecule is CCCn1ccc(CNc2cc3c(cc2Br)OCCO3)c1. The molecule has 0 radical (unpaired) electrons. The maximum atomic E-state index is 5.62. The van der Waals surface area contributed by atoms with Gasteiger partial charge in [0.15, 0.2) is 11.5 Å². The molecule has 21 heavy (non-hydrogen) atoms. The summed E-state index contributed by atoms with van der Waals surface area (Å²) >= 11 is 3.58. The molecule has 0 atom stereocenters. The molecule has 5 heteroatoms. The number of nitrogens with zero attached hydrogens (tertiary/aromatic N) is 1. The Labute approximate surface area is 133 Å². The highest BCUT2D eigenvalue weighted by molar-refractivity contribution is 9.10. The van der Waals surface area contributed by atoms with Crippen molar-refractivity contribution in [2.75, 3.05) is 18.5 Å². The molecule has 1 N–H and O–H groups in total. The molecular weight excluding hydrogens is 332 g/mol. The molecule has 1 aromatic heterocycles. The third-order valence-electron chi connectivity index (χ3n) is 3.41. The van der Waals surface area contributed by atoms with Gasteiger partial charge in [0.05, 0.1) is 5.69 Å². The van der Waals surface area contributed by atoms with E-state index in [9.17, 15) is 0 Å². The standard InChI is InChI=1S/C16H19BrN2O2/c1-2-4-19-5-3-12(11-19)10-18-14-9-16-15(8-13(14)17)20-6-7-21-16/h3,5,8-9,11,18H,2,4,6-7,10H2,1H3. The van der Waals surface area contributed by atoms with Gasteiger partial charge in [-0.25, -0.2) is 0 Å². The first-order valence-corrected chi connectivity index (χ1v) is 8.03. The lowest BCUT2D eigenvalue weighted by molar-refractivity contribution is 0.171. The molecule has 0 unspecified atom stereocenters. The zero-order valence-electron chi connectivity index (χ0n) is 12.1. The molecule has 0 amide bonds. The molecule has 2 heterocycles. The number of anilines is 1. The lowest BCUT2D eigenvalue weighted by atomic mass is 10.2. The van der Waals surface area contributed by atoms with Crippen LogP contribution in [-0.2, 0) is 13.1 Å². The van der Waals surface area contributed by atoms with Crippen LogP contribution >= 0.6 is 15.9 Å². The predicted octanol–water partition coefficient (Wildman–Crippen LogP) is 4.04. The van der Waals surface area contributed by atoms with Crippen molar-refractivity contribution in [3.8, 4) is 11.5 Å². The Bertz CT molecular complexity index is 625. The minimum absolute atomic E-state index is 0.605. The first-order chi connectivity index (χ1) is 10.3. The molecule has 0 fully saturated rings. The molecular formula is C16H19BrN2O2. The molecule has 0 saturated carbocycles. The number of aryl methyl sites for hydroxylation is 1. The molecule has 2 aromatic rings. The summed E-state index contributed by atoms with van der Waals surface area (Å²) in [4.78, 5) is 0. The first-order valence-electron chi connectivity index (χ1n) is 7.24. The van der Waals surface area contributed by atoms with Crippen LogP contribution < -0.4 is 14.8 Å². The summed E-state index contributed by atoms with van der Waals surface area (Å²) in [6.07, 6.45) is 5.46. The minimum Gasteiger partial charge on any atom is -0.486 e. The van der Waals surface area contributed by atoms with Crippen LogP contribution in [0.25, 0.3) is 0 Å². The summed E-state index contributed by atoms with van der Waals surface area (Å²) in [5.41, 5.74) is 2.28. The van der Waals surface area contributed by atoms with Crippen LogP contribution in [0.4, 0.5) is 5.69 Å². The molecule has 0 saturated heterocycles. The second-order valence-electron chi connectivity index (χ2n) is 5.09. The van der Waals surface area contributed by atoms with E-state index in [1.807, 2.05) is 12.1 Å². The number of hydrogen-bond donors (Lipinski definition) is 1. The number of nitrogens with one attached hydrogen (secondary N) is 1. The highest BCUT2D eigenvalue weighted by atomic mass is 79.9. The molecule has 112 valence electrons. The molecule has 1 aliphatic heterocycles. The zero-order valence-corrected chi connectivity index (χ0v) is 13.6. The highest BCUT2D eigenvalue weighted by Gasteiger charge is 2.14. The van der Waals surface area contributed by atoms with Crippen LogP contribution in [0, 0.1) is 0 Å². The average molecular weight is 351 g/mol. The Morgan fingerprint density at radius 2 is 2.00 bits per heavy atom. The van der Waals surface area contributed by atoms with Crippen LogP contribution in [0.5, 0.6) is 11.5 Å². The molecule has 0 aliphatic carbocycles. The van der Waals surface area contributed by atoms with Crippen molar-refractivity contribution in [1.29, 1.82) is 0 Å². The van der Waals surface area contributed by atoms with Gasteiger partial charge in [-0.1, -0.05) is 6.92 Å². The van der Waals surface area contributed by atoms with Crippen molar-refractivity contribution < 1.29 is 9.47 Å². The van der Waals surface area contributed by atoms with Gasteiger partial charge in [0.1, 0.15) is 13.2 Å². The summed E-state index contributed by atoms with van der Waals surface area (Å²) in [6, 6.07) is 6.09. The van der Waals surface area contributed by atoms with Crippen molar-refractivity contribution in [2.45, 2.75) is 26.4 Å². The first kappa shape index (κ1) is 14.3. The zero-order chi connectivity index (χ0) is 14.7. The van der Waals surface area contributed by atoms with E-state index < -0.39 is 0 Å². The van der Waals surface area contributed by atoms with Crippen LogP contribution in [-0.4, -0.2) is 17.8 Å². The Hall–Kier alpha value is -1.62. The fourth-order valence-corrected chi connectivity index (χ4v) is 2.85. The number of aromatic nitrogens is 1. The van der Waals surface area contributed by atoms with Gasteiger partial charge in [0.2, 0.25) is 0 Å². The van der Waals surface area contributed by atoms with Crippen molar-refractivity contribution in [2.24, 2.45) is 0 Å². The fourth-order valence-electron chi connectivity index (χ4n) is 2.39. The fraction of sp³-hybridized carbons (Fsp3) is 0.375. The Morgan fingerprint density at radius 1 is 1.24 bits per heavy atom. The van der Waals surface area contributed by atoms with Crippen LogP contribution in [0.2, 0.25) is 0 Å². The smallest absolute Gasteiger partial charge is 0.163 e. The number of hydrogen-bond acceptors (Lipinski definition) is 3. The summed E-state index contributed by atoms with van der Waals surface area (Å²) in [5, 5.41) is 3.44. The number of ether oxygens (including phenoxy) is 2. The Balaban J connectivity index is 1.69. The van der Waals surface area contributed by atoms with Gasteiger partial charge in [-0.05, 0) is 34.0 Å². The van der Waals surface area contributed by atoms with Crippen LogP contribution in [0.1, 0.15) is 18.9 Å². The monoisotopic (exact) mass is 350 g/mol. The molecule has 1 aliphatic rings.